The molecule has 0 fully saturated rings. The van der Waals surface area contributed by atoms with Gasteiger partial charge in [-0.2, -0.15) is 0 Å². The van der Waals surface area contributed by atoms with E-state index in [2.05, 4.69) is 5.32 Å². The average Bonchev–Trinajstić information content (AvgIpc) is 2.60. The molecule has 2 aromatic rings. The molecule has 0 aliphatic carbocycles. The van der Waals surface area contributed by atoms with Crippen molar-refractivity contribution >= 4 is 41.1 Å². The number of amides is 2. The molecule has 2 aromatic carbocycles. The van der Waals surface area contributed by atoms with Crippen LogP contribution in [0, 0.1) is 0 Å². The highest BCUT2D eigenvalue weighted by Gasteiger charge is 2.16. The van der Waals surface area contributed by atoms with Crippen LogP contribution in [0.5, 0.6) is 0 Å². The van der Waals surface area contributed by atoms with Gasteiger partial charge in [0.15, 0.2) is 6.10 Å². The largest absolute Gasteiger partial charge is 0.449 e. The first-order valence-corrected chi connectivity index (χ1v) is 8.08. The second-order valence-electron chi connectivity index (χ2n) is 5.40. The van der Waals surface area contributed by atoms with E-state index < -0.39 is 23.9 Å². The van der Waals surface area contributed by atoms with Crippen LogP contribution in [0.2, 0.25) is 5.02 Å². The SMILES string of the molecule is C[C@@H](OC(=O)/C=C/c1cccc(Cl)c1)C(=O)Nc1ccc(C(N)=O)cc1. The molecule has 0 aromatic heterocycles. The Morgan fingerprint density at radius 2 is 1.85 bits per heavy atom. The van der Waals surface area contributed by atoms with Crippen molar-refractivity contribution in [3.05, 3.63) is 70.8 Å². The topological polar surface area (TPSA) is 98.5 Å². The van der Waals surface area contributed by atoms with Crippen LogP contribution in [0.3, 0.4) is 0 Å². The Morgan fingerprint density at radius 1 is 1.15 bits per heavy atom. The van der Waals surface area contributed by atoms with E-state index in [1.807, 2.05) is 0 Å². The van der Waals surface area contributed by atoms with Gasteiger partial charge in [0, 0.05) is 22.3 Å². The van der Waals surface area contributed by atoms with Crippen LogP contribution in [0.15, 0.2) is 54.6 Å². The summed E-state index contributed by atoms with van der Waals surface area (Å²) in [6.45, 7) is 1.46. The molecule has 2 rings (SSSR count). The van der Waals surface area contributed by atoms with Crippen molar-refractivity contribution in [3.8, 4) is 0 Å². The van der Waals surface area contributed by atoms with Crippen molar-refractivity contribution in [2.75, 3.05) is 5.32 Å². The monoisotopic (exact) mass is 372 g/mol. The van der Waals surface area contributed by atoms with Crippen molar-refractivity contribution in [1.82, 2.24) is 0 Å². The summed E-state index contributed by atoms with van der Waals surface area (Å²) in [7, 11) is 0. The molecule has 0 aliphatic heterocycles. The number of nitrogens with two attached hydrogens (primary N) is 1. The summed E-state index contributed by atoms with van der Waals surface area (Å²) in [4.78, 5) is 34.9. The van der Waals surface area contributed by atoms with Gasteiger partial charge in [-0.05, 0) is 55.0 Å². The minimum atomic E-state index is -0.998. The van der Waals surface area contributed by atoms with Crippen molar-refractivity contribution in [3.63, 3.8) is 0 Å². The lowest BCUT2D eigenvalue weighted by Gasteiger charge is -2.12. The quantitative estimate of drug-likeness (QED) is 0.601. The lowest BCUT2D eigenvalue weighted by Crippen LogP contribution is -2.29. The smallest absolute Gasteiger partial charge is 0.331 e. The Labute approximate surface area is 155 Å². The predicted octanol–water partition coefficient (Wildman–Crippen LogP) is 3.02. The van der Waals surface area contributed by atoms with E-state index in [0.29, 0.717) is 16.3 Å². The molecule has 0 heterocycles. The first-order chi connectivity index (χ1) is 12.3. The third-order valence-electron chi connectivity index (χ3n) is 3.36. The fourth-order valence-corrected chi connectivity index (χ4v) is 2.20. The Balaban J connectivity index is 1.89. The number of hydrogen-bond donors (Lipinski definition) is 2. The number of carbonyl (C=O) groups is 3. The van der Waals surface area contributed by atoms with E-state index in [-0.39, 0.29) is 0 Å². The summed E-state index contributed by atoms with van der Waals surface area (Å²) in [6, 6.07) is 13.0. The van der Waals surface area contributed by atoms with Crippen LogP contribution >= 0.6 is 11.6 Å². The zero-order chi connectivity index (χ0) is 19.1. The van der Waals surface area contributed by atoms with Gasteiger partial charge >= 0.3 is 5.97 Å². The maximum Gasteiger partial charge on any atom is 0.331 e. The summed E-state index contributed by atoms with van der Waals surface area (Å²) in [6.07, 6.45) is 1.76. The lowest BCUT2D eigenvalue weighted by molar-refractivity contribution is -0.148. The van der Waals surface area contributed by atoms with Crippen LogP contribution in [0.1, 0.15) is 22.8 Å². The molecule has 0 saturated heterocycles. The molecule has 1 atom stereocenters. The number of esters is 1. The Kier molecular flexibility index (Phi) is 6.52. The van der Waals surface area contributed by atoms with Gasteiger partial charge in [-0.25, -0.2) is 4.79 Å². The second-order valence-corrected chi connectivity index (χ2v) is 5.83. The van der Waals surface area contributed by atoms with Crippen molar-refractivity contribution in [2.24, 2.45) is 5.73 Å². The number of halogens is 1. The fraction of sp³-hybridized carbons (Fsp3) is 0.105. The van der Waals surface area contributed by atoms with E-state index in [0.717, 1.165) is 5.56 Å². The molecule has 3 N–H and O–H groups in total. The van der Waals surface area contributed by atoms with Crippen LogP contribution in [-0.4, -0.2) is 23.9 Å². The number of rotatable bonds is 6. The number of primary amides is 1. The Morgan fingerprint density at radius 3 is 2.46 bits per heavy atom. The van der Waals surface area contributed by atoms with E-state index in [4.69, 9.17) is 22.1 Å². The molecule has 0 aliphatic rings. The zero-order valence-electron chi connectivity index (χ0n) is 13.9. The van der Waals surface area contributed by atoms with E-state index >= 15 is 0 Å². The van der Waals surface area contributed by atoms with Gasteiger partial charge < -0.3 is 15.8 Å². The molecule has 0 saturated carbocycles. The third kappa shape index (κ3) is 5.75. The maximum absolute atomic E-state index is 12.1. The normalized spacial score (nSPS) is 11.8. The van der Waals surface area contributed by atoms with E-state index in [1.165, 1.54) is 37.3 Å². The number of carbonyl (C=O) groups excluding carboxylic acids is 3. The highest BCUT2D eigenvalue weighted by atomic mass is 35.5. The first kappa shape index (κ1) is 19.2. The third-order valence-corrected chi connectivity index (χ3v) is 3.59. The number of anilines is 1. The van der Waals surface area contributed by atoms with Gasteiger partial charge in [0.1, 0.15) is 0 Å². The molecule has 0 radical (unpaired) electrons. The van der Waals surface area contributed by atoms with Gasteiger partial charge in [-0.15, -0.1) is 0 Å². The summed E-state index contributed by atoms with van der Waals surface area (Å²) in [5.41, 5.74) is 6.67. The number of nitrogens with one attached hydrogen (secondary N) is 1. The predicted molar refractivity (Wildman–Crippen MR) is 99.6 cm³/mol. The highest BCUT2D eigenvalue weighted by Crippen LogP contribution is 2.12. The van der Waals surface area contributed by atoms with E-state index in [9.17, 15) is 14.4 Å². The average molecular weight is 373 g/mol. The van der Waals surface area contributed by atoms with Crippen LogP contribution < -0.4 is 11.1 Å². The Hall–Kier alpha value is -3.12. The molecule has 7 heteroatoms. The van der Waals surface area contributed by atoms with Crippen molar-refractivity contribution in [2.45, 2.75) is 13.0 Å². The standard InChI is InChI=1S/C19H17ClN2O4/c1-12(19(25)22-16-8-6-14(7-9-16)18(21)24)26-17(23)10-5-13-3-2-4-15(20)11-13/h2-12H,1H3,(H2,21,24)(H,22,25)/b10-5+/t12-/m1/s1. The molecule has 0 unspecified atom stereocenters. The van der Waals surface area contributed by atoms with Crippen molar-refractivity contribution < 1.29 is 19.1 Å². The van der Waals surface area contributed by atoms with Crippen LogP contribution in [-0.2, 0) is 14.3 Å². The molecule has 6 nitrogen and oxygen atoms in total. The minimum Gasteiger partial charge on any atom is -0.449 e. The van der Waals surface area contributed by atoms with E-state index in [1.54, 1.807) is 30.3 Å². The molecule has 2 amide bonds. The second kappa shape index (κ2) is 8.82. The zero-order valence-corrected chi connectivity index (χ0v) is 14.7. The van der Waals surface area contributed by atoms with Gasteiger partial charge in [0.2, 0.25) is 5.91 Å². The van der Waals surface area contributed by atoms with Gasteiger partial charge in [-0.1, -0.05) is 23.7 Å². The molecule has 0 bridgehead atoms. The molecular weight excluding hydrogens is 356 g/mol. The summed E-state index contributed by atoms with van der Waals surface area (Å²) < 4.78 is 5.05. The van der Waals surface area contributed by atoms with Crippen molar-refractivity contribution in [1.29, 1.82) is 0 Å². The molecule has 0 spiro atoms. The fourth-order valence-electron chi connectivity index (χ4n) is 2.00. The summed E-state index contributed by atoms with van der Waals surface area (Å²) in [5, 5.41) is 3.14. The molecule has 26 heavy (non-hydrogen) atoms. The molecule has 134 valence electrons. The summed E-state index contributed by atoms with van der Waals surface area (Å²) in [5.74, 6) is -1.71. The summed E-state index contributed by atoms with van der Waals surface area (Å²) >= 11 is 5.86. The van der Waals surface area contributed by atoms with Gasteiger partial charge in [0.25, 0.3) is 5.91 Å². The molecular formula is C19H17ClN2O4. The first-order valence-electron chi connectivity index (χ1n) is 7.70. The lowest BCUT2D eigenvalue weighted by atomic mass is 10.2. The Bertz CT molecular complexity index is 847. The number of ether oxygens (including phenoxy) is 1. The number of hydrogen-bond acceptors (Lipinski definition) is 4. The van der Waals surface area contributed by atoms with Gasteiger partial charge in [-0.3, -0.25) is 9.59 Å². The van der Waals surface area contributed by atoms with Crippen LogP contribution in [0.4, 0.5) is 5.69 Å². The van der Waals surface area contributed by atoms with Crippen LogP contribution in [0.25, 0.3) is 6.08 Å². The van der Waals surface area contributed by atoms with Gasteiger partial charge in [0.05, 0.1) is 0 Å². The number of benzene rings is 2. The minimum absolute atomic E-state index is 0.327. The highest BCUT2D eigenvalue weighted by molar-refractivity contribution is 6.30. The maximum atomic E-state index is 12.1.